The van der Waals surface area contributed by atoms with Crippen molar-refractivity contribution in [3.8, 4) is 17.2 Å². The van der Waals surface area contributed by atoms with Crippen molar-refractivity contribution in [3.63, 3.8) is 0 Å². The topological polar surface area (TPSA) is 98.2 Å². The zero-order valence-corrected chi connectivity index (χ0v) is 23.1. The number of unbranched alkanes of at least 4 members (excludes halogenated alkanes) is 1. The van der Waals surface area contributed by atoms with E-state index in [0.717, 1.165) is 17.5 Å². The monoisotopic (exact) mass is 576 g/mol. The summed E-state index contributed by atoms with van der Waals surface area (Å²) >= 11 is 7.43. The third kappa shape index (κ3) is 4.76. The number of ketones is 1. The summed E-state index contributed by atoms with van der Waals surface area (Å²) in [5.41, 5.74) is 1.57. The van der Waals surface area contributed by atoms with E-state index >= 15 is 0 Å². The van der Waals surface area contributed by atoms with Crippen LogP contribution in [0.25, 0.3) is 16.0 Å². The molecule has 0 saturated carbocycles. The molecule has 1 saturated heterocycles. The van der Waals surface area contributed by atoms with Crippen molar-refractivity contribution in [2.45, 2.75) is 25.8 Å². The van der Waals surface area contributed by atoms with Gasteiger partial charge in [-0.1, -0.05) is 48.4 Å². The van der Waals surface area contributed by atoms with Crippen LogP contribution < -0.4 is 19.1 Å². The number of halogens is 1. The van der Waals surface area contributed by atoms with Gasteiger partial charge in [-0.3, -0.25) is 14.5 Å². The minimum atomic E-state index is -0.922. The molecule has 1 fully saturated rings. The number of hydrogen-bond acceptors (Lipinski definition) is 8. The second kappa shape index (κ2) is 10.8. The Labute approximate surface area is 239 Å². The number of aliphatic hydroxyl groups is 1. The molecular weight excluding hydrogens is 552 g/mol. The second-order valence-electron chi connectivity index (χ2n) is 9.41. The molecule has 0 aliphatic carbocycles. The normalized spacial score (nSPS) is 17.9. The van der Waals surface area contributed by atoms with E-state index in [2.05, 4.69) is 11.9 Å². The first-order valence-corrected chi connectivity index (χ1v) is 14.1. The molecular formula is C30H25ClN2O6S. The zero-order chi connectivity index (χ0) is 27.8. The molecule has 40 heavy (non-hydrogen) atoms. The number of Topliss-reactive ketones (excluding diaryl/α,β-unsaturated/α-hetero) is 1. The Morgan fingerprint density at radius 1 is 1.07 bits per heavy atom. The highest BCUT2D eigenvalue weighted by molar-refractivity contribution is 7.22. The summed E-state index contributed by atoms with van der Waals surface area (Å²) in [6, 6.07) is 16.4. The molecule has 8 nitrogen and oxygen atoms in total. The van der Waals surface area contributed by atoms with E-state index in [0.29, 0.717) is 63.9 Å². The van der Waals surface area contributed by atoms with Crippen molar-refractivity contribution >= 4 is 55.7 Å². The molecule has 3 aromatic carbocycles. The molecule has 1 unspecified atom stereocenters. The average Bonchev–Trinajstić information content (AvgIpc) is 3.50. The van der Waals surface area contributed by atoms with Crippen LogP contribution in [0, 0.1) is 0 Å². The number of thiazole rings is 1. The maximum Gasteiger partial charge on any atom is 0.301 e. The third-order valence-electron chi connectivity index (χ3n) is 6.77. The standard InChI is InChI=1S/C30H25ClN2O6S/c1-2-3-12-37-20-8-4-17(5-9-20)26-25(27(34)18-6-11-22-23(15-18)39-14-13-38-22)28(35)29(36)33(26)30-32-21-10-7-19(31)16-24(21)40-30/h4-11,15-16,26,34H,2-3,12-14H2,1H3/b27-25+. The molecule has 0 spiro atoms. The summed E-state index contributed by atoms with van der Waals surface area (Å²) in [5, 5.41) is 12.4. The van der Waals surface area contributed by atoms with Crippen LogP contribution in [0.1, 0.15) is 36.9 Å². The van der Waals surface area contributed by atoms with Gasteiger partial charge in [0.15, 0.2) is 16.6 Å². The number of hydrogen-bond donors (Lipinski definition) is 1. The van der Waals surface area contributed by atoms with Crippen LogP contribution in [0.3, 0.4) is 0 Å². The molecule has 10 heteroatoms. The first-order valence-electron chi connectivity index (χ1n) is 12.9. The Hall–Kier alpha value is -4.08. The highest BCUT2D eigenvalue weighted by Crippen LogP contribution is 2.45. The molecule has 4 aromatic rings. The van der Waals surface area contributed by atoms with Gasteiger partial charge in [0.2, 0.25) is 0 Å². The minimum absolute atomic E-state index is 0.0429. The summed E-state index contributed by atoms with van der Waals surface area (Å²) in [5.74, 6) is -0.217. The Balaban J connectivity index is 1.47. The Bertz CT molecular complexity index is 1650. The number of amides is 1. The van der Waals surface area contributed by atoms with Crippen molar-refractivity contribution in [1.82, 2.24) is 4.98 Å². The Morgan fingerprint density at radius 2 is 1.85 bits per heavy atom. The summed E-state index contributed by atoms with van der Waals surface area (Å²) in [6.07, 6.45) is 1.94. The molecule has 0 bridgehead atoms. The average molecular weight is 577 g/mol. The van der Waals surface area contributed by atoms with Gasteiger partial charge in [-0.05, 0) is 60.5 Å². The number of fused-ring (bicyclic) bond motifs is 2. The number of aromatic nitrogens is 1. The van der Waals surface area contributed by atoms with E-state index in [1.165, 1.54) is 16.2 Å². The van der Waals surface area contributed by atoms with Gasteiger partial charge in [0.05, 0.1) is 28.4 Å². The van der Waals surface area contributed by atoms with Gasteiger partial charge in [-0.25, -0.2) is 4.98 Å². The van der Waals surface area contributed by atoms with Gasteiger partial charge in [0.1, 0.15) is 24.7 Å². The van der Waals surface area contributed by atoms with Crippen LogP contribution in [-0.2, 0) is 9.59 Å². The zero-order valence-electron chi connectivity index (χ0n) is 21.6. The van der Waals surface area contributed by atoms with Gasteiger partial charge in [0, 0.05) is 10.6 Å². The van der Waals surface area contributed by atoms with E-state index in [9.17, 15) is 14.7 Å². The fourth-order valence-corrected chi connectivity index (χ4v) is 6.03. The van der Waals surface area contributed by atoms with Crippen LogP contribution in [0.4, 0.5) is 5.13 Å². The number of ether oxygens (including phenoxy) is 3. The fraction of sp³-hybridized carbons (Fsp3) is 0.233. The number of anilines is 1. The van der Waals surface area contributed by atoms with E-state index in [1.807, 2.05) is 0 Å². The molecule has 1 N–H and O–H groups in total. The van der Waals surface area contributed by atoms with Crippen molar-refractivity contribution in [3.05, 3.63) is 82.4 Å². The number of rotatable bonds is 7. The lowest BCUT2D eigenvalue weighted by Gasteiger charge is -2.23. The minimum Gasteiger partial charge on any atom is -0.507 e. The predicted octanol–water partition coefficient (Wildman–Crippen LogP) is 6.53. The SMILES string of the molecule is CCCCOc1ccc(C2/C(=C(\O)c3ccc4c(c3)OCCO4)C(=O)C(=O)N2c2nc3ccc(Cl)cc3s2)cc1. The van der Waals surface area contributed by atoms with Gasteiger partial charge >= 0.3 is 5.91 Å². The fourth-order valence-electron chi connectivity index (χ4n) is 4.76. The van der Waals surface area contributed by atoms with Crippen LogP contribution in [-0.4, -0.2) is 41.6 Å². The van der Waals surface area contributed by atoms with E-state index in [1.54, 1.807) is 60.7 Å². The lowest BCUT2D eigenvalue weighted by Crippen LogP contribution is -2.29. The van der Waals surface area contributed by atoms with E-state index in [-0.39, 0.29) is 11.3 Å². The molecule has 1 aromatic heterocycles. The number of aliphatic hydroxyl groups excluding tert-OH is 1. The quantitative estimate of drug-likeness (QED) is 0.116. The van der Waals surface area contributed by atoms with Crippen LogP contribution in [0.15, 0.2) is 66.2 Å². The van der Waals surface area contributed by atoms with Crippen LogP contribution in [0.2, 0.25) is 5.02 Å². The summed E-state index contributed by atoms with van der Waals surface area (Å²) in [6.45, 7) is 3.48. The van der Waals surface area contributed by atoms with Crippen molar-refractivity contribution in [2.75, 3.05) is 24.7 Å². The van der Waals surface area contributed by atoms with Gasteiger partial charge < -0.3 is 19.3 Å². The number of carbonyl (C=O) groups excluding carboxylic acids is 2. The highest BCUT2D eigenvalue weighted by Gasteiger charge is 2.48. The molecule has 6 rings (SSSR count). The maximum absolute atomic E-state index is 13.6. The van der Waals surface area contributed by atoms with Gasteiger partial charge in [-0.2, -0.15) is 0 Å². The Kier molecular flexibility index (Phi) is 7.08. The summed E-state index contributed by atoms with van der Waals surface area (Å²) in [4.78, 5) is 33.1. The molecule has 204 valence electrons. The number of benzene rings is 3. The van der Waals surface area contributed by atoms with Crippen LogP contribution >= 0.6 is 22.9 Å². The first-order chi connectivity index (χ1) is 19.4. The van der Waals surface area contributed by atoms with E-state index in [4.69, 9.17) is 25.8 Å². The summed E-state index contributed by atoms with van der Waals surface area (Å²) in [7, 11) is 0. The maximum atomic E-state index is 13.6. The Morgan fingerprint density at radius 3 is 2.62 bits per heavy atom. The number of carbonyl (C=O) groups is 2. The van der Waals surface area contributed by atoms with Crippen molar-refractivity contribution < 1.29 is 28.9 Å². The van der Waals surface area contributed by atoms with Gasteiger partial charge in [0.25, 0.3) is 5.78 Å². The summed E-state index contributed by atoms with van der Waals surface area (Å²) < 4.78 is 17.8. The molecule has 1 amide bonds. The van der Waals surface area contributed by atoms with Crippen LogP contribution in [0.5, 0.6) is 17.2 Å². The molecule has 2 aliphatic rings. The van der Waals surface area contributed by atoms with Gasteiger partial charge in [-0.15, -0.1) is 0 Å². The smallest absolute Gasteiger partial charge is 0.301 e. The molecule has 0 radical (unpaired) electrons. The largest absolute Gasteiger partial charge is 0.507 e. The lowest BCUT2D eigenvalue weighted by molar-refractivity contribution is -0.132. The number of nitrogens with zero attached hydrogens (tertiary/aromatic N) is 2. The predicted molar refractivity (Wildman–Crippen MR) is 154 cm³/mol. The lowest BCUT2D eigenvalue weighted by atomic mass is 9.95. The third-order valence-corrected chi connectivity index (χ3v) is 8.02. The van der Waals surface area contributed by atoms with E-state index < -0.39 is 17.7 Å². The highest BCUT2D eigenvalue weighted by atomic mass is 35.5. The molecule has 3 heterocycles. The van der Waals surface area contributed by atoms with Crippen molar-refractivity contribution in [2.24, 2.45) is 0 Å². The van der Waals surface area contributed by atoms with Crippen molar-refractivity contribution in [1.29, 1.82) is 0 Å². The molecule has 1 atom stereocenters. The first kappa shape index (κ1) is 26.2. The molecule has 2 aliphatic heterocycles. The second-order valence-corrected chi connectivity index (χ2v) is 10.9.